The molecule has 5 heteroatoms. The topological polar surface area (TPSA) is 64.6 Å². The Morgan fingerprint density at radius 2 is 1.44 bits per heavy atom. The zero-order chi connectivity index (χ0) is 46.0. The number of carbonyl (C=O) groups excluding carboxylic acids is 2. The first kappa shape index (κ1) is 47.5. The summed E-state index contributed by atoms with van der Waals surface area (Å²) in [7, 11) is 1.49. The lowest BCUT2D eigenvalue weighted by Crippen LogP contribution is -2.68. The Kier molecular flexibility index (Phi) is 12.3. The lowest BCUT2D eigenvalue weighted by molar-refractivity contribution is -0.243. The van der Waals surface area contributed by atoms with Gasteiger partial charge in [0.1, 0.15) is 6.10 Å². The molecule has 0 aromatic rings. The first-order chi connectivity index (χ1) is 30.1. The smallest absolute Gasteiger partial charge is 0.407 e. The molecule has 362 valence electrons. The normalized spacial score (nSPS) is 49.5. The summed E-state index contributed by atoms with van der Waals surface area (Å²) >= 11 is 0. The van der Waals surface area contributed by atoms with E-state index in [4.69, 9.17) is 9.47 Å². The molecule has 0 aromatic carbocycles. The Labute approximate surface area is 392 Å². The summed E-state index contributed by atoms with van der Waals surface area (Å²) < 4.78 is 12.1. The van der Waals surface area contributed by atoms with Crippen LogP contribution in [0.25, 0.3) is 0 Å². The van der Waals surface area contributed by atoms with Crippen LogP contribution in [-0.4, -0.2) is 31.3 Å². The van der Waals surface area contributed by atoms with Crippen LogP contribution in [0.2, 0.25) is 0 Å². The van der Waals surface area contributed by atoms with Crippen LogP contribution in [-0.2, 0) is 14.3 Å². The van der Waals surface area contributed by atoms with Crippen LogP contribution in [0.4, 0.5) is 4.79 Å². The lowest BCUT2D eigenvalue weighted by Gasteiger charge is -2.73. The van der Waals surface area contributed by atoms with E-state index in [1.165, 1.54) is 103 Å². The quantitative estimate of drug-likeness (QED) is 0.185. The van der Waals surface area contributed by atoms with E-state index in [0.717, 1.165) is 74.0 Å². The van der Waals surface area contributed by atoms with Crippen LogP contribution in [0.5, 0.6) is 0 Å². The Morgan fingerprint density at radius 3 is 2.16 bits per heavy atom. The summed E-state index contributed by atoms with van der Waals surface area (Å²) in [5.74, 6) is 8.68. The van der Waals surface area contributed by atoms with E-state index in [0.29, 0.717) is 40.9 Å². The third-order valence-corrected chi connectivity index (χ3v) is 24.8. The highest BCUT2D eigenvalue weighted by Gasteiger charge is 2.72. The van der Waals surface area contributed by atoms with Crippen molar-refractivity contribution in [3.05, 3.63) is 11.6 Å². The van der Waals surface area contributed by atoms with Crippen molar-refractivity contribution in [3.63, 3.8) is 0 Å². The molecule has 0 saturated heterocycles. The van der Waals surface area contributed by atoms with Gasteiger partial charge in [0.05, 0.1) is 12.5 Å². The van der Waals surface area contributed by atoms with Gasteiger partial charge < -0.3 is 14.8 Å². The van der Waals surface area contributed by atoms with Crippen LogP contribution in [0.3, 0.4) is 0 Å². The fraction of sp³-hybridized carbons (Fsp3) is 0.932. The standard InChI is InChI=1S/C59H97NO4/c1-36(2)15-14-16-38(5)43-19-20-44-42-18-17-39-35-40(23-28-54(39,8)45(42)25-29-55(43,44)9)64-51(61)59-32-24-41(37(3)4)50(59)46-21-22-48-56(10)30-27-49(60-52(62)63-13)53(6,7)47(56)26-31-58(48,12)57(46,11)33-34-59/h17,36-38,40-50H,14-16,18-35H2,1-13H3,(H,60,62)/t38-,40+,41+,42+,43-,44+,45+,46-,47?,48-,49?,50?,54+,55-,56+,57-,58-,59+/m1/s1. The molecule has 9 aliphatic rings. The van der Waals surface area contributed by atoms with Crippen molar-refractivity contribution in [2.45, 2.75) is 230 Å². The van der Waals surface area contributed by atoms with Gasteiger partial charge in [-0.05, 0) is 213 Å². The van der Waals surface area contributed by atoms with Crippen molar-refractivity contribution in [1.82, 2.24) is 5.32 Å². The van der Waals surface area contributed by atoms with Crippen molar-refractivity contribution < 1.29 is 19.1 Å². The minimum absolute atomic E-state index is 0.00844. The molecule has 9 rings (SSSR count). The van der Waals surface area contributed by atoms with Gasteiger partial charge in [0.15, 0.2) is 0 Å². The Morgan fingerprint density at radius 1 is 0.703 bits per heavy atom. The first-order valence-electron chi connectivity index (χ1n) is 27.9. The predicted molar refractivity (Wildman–Crippen MR) is 261 cm³/mol. The molecule has 0 bridgehead atoms. The van der Waals surface area contributed by atoms with Crippen molar-refractivity contribution in [1.29, 1.82) is 0 Å². The van der Waals surface area contributed by atoms with E-state index < -0.39 is 0 Å². The van der Waals surface area contributed by atoms with Crippen molar-refractivity contribution in [3.8, 4) is 0 Å². The molecule has 3 unspecified atom stereocenters. The molecule has 0 heterocycles. The highest BCUT2D eigenvalue weighted by molar-refractivity contribution is 5.78. The molecule has 0 aliphatic heterocycles. The van der Waals surface area contributed by atoms with Gasteiger partial charge >= 0.3 is 12.1 Å². The average Bonchev–Trinajstić information content (AvgIpc) is 3.81. The van der Waals surface area contributed by atoms with Gasteiger partial charge in [-0.15, -0.1) is 0 Å². The zero-order valence-electron chi connectivity index (χ0n) is 43.6. The number of rotatable bonds is 9. The van der Waals surface area contributed by atoms with Gasteiger partial charge in [-0.2, -0.15) is 0 Å². The maximum atomic E-state index is 15.4. The van der Waals surface area contributed by atoms with E-state index in [-0.39, 0.29) is 56.7 Å². The number of carbonyl (C=O) groups is 2. The fourth-order valence-electron chi connectivity index (χ4n) is 21.2. The van der Waals surface area contributed by atoms with E-state index in [1.807, 2.05) is 0 Å². The van der Waals surface area contributed by atoms with Crippen molar-refractivity contribution >= 4 is 12.1 Å². The van der Waals surface area contributed by atoms with Gasteiger partial charge in [-0.3, -0.25) is 4.79 Å². The summed E-state index contributed by atoms with van der Waals surface area (Å²) in [6.07, 6.45) is 28.4. The van der Waals surface area contributed by atoms with Crippen LogP contribution >= 0.6 is 0 Å². The highest BCUT2D eigenvalue weighted by Crippen LogP contribution is 2.78. The van der Waals surface area contributed by atoms with Crippen molar-refractivity contribution in [2.24, 2.45) is 109 Å². The van der Waals surface area contributed by atoms with Crippen LogP contribution in [0, 0.1) is 109 Å². The number of esters is 1. The summed E-state index contributed by atoms with van der Waals surface area (Å²) in [6.45, 7) is 30.6. The fourth-order valence-corrected chi connectivity index (χ4v) is 21.2. The molecule has 8 fully saturated rings. The second kappa shape index (κ2) is 16.6. The average molecular weight is 884 g/mol. The third-order valence-electron chi connectivity index (χ3n) is 24.8. The van der Waals surface area contributed by atoms with E-state index in [1.54, 1.807) is 5.57 Å². The molecule has 0 spiro atoms. The zero-order valence-corrected chi connectivity index (χ0v) is 43.6. The molecule has 0 radical (unpaired) electrons. The van der Waals surface area contributed by atoms with Crippen LogP contribution in [0.1, 0.15) is 218 Å². The summed E-state index contributed by atoms with van der Waals surface area (Å²) in [5, 5.41) is 3.27. The molecule has 5 nitrogen and oxygen atoms in total. The van der Waals surface area contributed by atoms with Gasteiger partial charge in [0.25, 0.3) is 0 Å². The summed E-state index contributed by atoms with van der Waals surface area (Å²) in [4.78, 5) is 27.8. The van der Waals surface area contributed by atoms with Gasteiger partial charge in [-0.25, -0.2) is 4.79 Å². The number of nitrogens with one attached hydrogen (secondary N) is 1. The second-order valence-corrected chi connectivity index (χ2v) is 27.9. The Balaban J connectivity index is 0.904. The predicted octanol–water partition coefficient (Wildman–Crippen LogP) is 15.4. The molecule has 18 atom stereocenters. The van der Waals surface area contributed by atoms with Crippen LogP contribution < -0.4 is 5.32 Å². The number of amides is 1. The number of hydrogen-bond donors (Lipinski definition) is 1. The first-order valence-corrected chi connectivity index (χ1v) is 27.9. The second-order valence-electron chi connectivity index (χ2n) is 27.9. The third kappa shape index (κ3) is 6.95. The minimum Gasteiger partial charge on any atom is -0.462 e. The molecule has 1 N–H and O–H groups in total. The van der Waals surface area contributed by atoms with E-state index in [9.17, 15) is 4.79 Å². The lowest BCUT2D eigenvalue weighted by atomic mass is 9.32. The Bertz CT molecular complexity index is 1800. The molecule has 8 saturated carbocycles. The Hall–Kier alpha value is -1.52. The van der Waals surface area contributed by atoms with E-state index >= 15 is 4.79 Å². The molecular formula is C59H97NO4. The van der Waals surface area contributed by atoms with Crippen molar-refractivity contribution in [2.75, 3.05) is 7.11 Å². The maximum Gasteiger partial charge on any atom is 0.407 e. The van der Waals surface area contributed by atoms with Crippen LogP contribution in [0.15, 0.2) is 11.6 Å². The maximum absolute atomic E-state index is 15.4. The number of fused-ring (bicyclic) bond motifs is 12. The summed E-state index contributed by atoms with van der Waals surface area (Å²) in [5.41, 5.74) is 2.81. The largest absolute Gasteiger partial charge is 0.462 e. The molecule has 9 aliphatic carbocycles. The number of methoxy groups -OCH3 is 1. The van der Waals surface area contributed by atoms with Gasteiger partial charge in [0, 0.05) is 12.5 Å². The van der Waals surface area contributed by atoms with Gasteiger partial charge in [-0.1, -0.05) is 114 Å². The van der Waals surface area contributed by atoms with E-state index in [2.05, 4.69) is 94.5 Å². The molecule has 1 amide bonds. The SMILES string of the molecule is COC(=O)NC1CC[C@@]2(C)C(CC[C@]3(C)[C@@H]2CC[C@@H]2C4[C@H](C(C)C)CC[C@]4(C(=O)O[C@H]4CC[C@@]5(C)C(=CC[C@H]6[C@@H]7CC[C@H]([C@H](C)CCCC(C)C)[C@@]7(C)CC[C@@H]65)C4)CC[C@]23C)C1(C)C. The number of alkyl carbamates (subject to hydrolysis) is 1. The summed E-state index contributed by atoms with van der Waals surface area (Å²) in [6, 6.07) is 0.145. The monoisotopic (exact) mass is 884 g/mol. The number of ether oxygens (including phenoxy) is 2. The number of allylic oxidation sites excluding steroid dienone is 1. The molecule has 64 heavy (non-hydrogen) atoms. The molecular weight excluding hydrogens is 787 g/mol. The highest BCUT2D eigenvalue weighted by atomic mass is 16.5. The van der Waals surface area contributed by atoms with Gasteiger partial charge in [0.2, 0.25) is 0 Å². The minimum atomic E-state index is -0.325. The number of hydrogen-bond acceptors (Lipinski definition) is 4. The molecule has 0 aromatic heterocycles.